The van der Waals surface area contributed by atoms with E-state index in [0.717, 1.165) is 17.7 Å². The van der Waals surface area contributed by atoms with Crippen LogP contribution >= 0.6 is 0 Å². The first-order chi connectivity index (χ1) is 9.18. The van der Waals surface area contributed by atoms with Crippen molar-refractivity contribution in [2.24, 2.45) is 16.1 Å². The predicted molar refractivity (Wildman–Crippen MR) is 80.7 cm³/mol. The summed E-state index contributed by atoms with van der Waals surface area (Å²) in [5, 5.41) is 9.09. The van der Waals surface area contributed by atoms with Crippen molar-refractivity contribution in [2.45, 2.75) is 25.8 Å². The Labute approximate surface area is 115 Å². The molecule has 0 bridgehead atoms. The lowest BCUT2D eigenvalue weighted by molar-refractivity contribution is 0.406. The van der Waals surface area contributed by atoms with Gasteiger partial charge >= 0.3 is 0 Å². The molecule has 2 unspecified atom stereocenters. The molecule has 1 aromatic rings. The van der Waals surface area contributed by atoms with Gasteiger partial charge in [-0.15, -0.1) is 6.58 Å². The zero-order valence-corrected chi connectivity index (χ0v) is 11.6. The SMILES string of the molecule is C=CCC1(N=Nc2ccccc2C)C=CC=CC1C. The second-order valence-electron chi connectivity index (χ2n) is 5.00. The summed E-state index contributed by atoms with van der Waals surface area (Å²) in [5.41, 5.74) is 1.78. The van der Waals surface area contributed by atoms with E-state index in [1.165, 1.54) is 0 Å². The molecule has 0 saturated carbocycles. The van der Waals surface area contributed by atoms with Crippen molar-refractivity contribution in [3.63, 3.8) is 0 Å². The summed E-state index contributed by atoms with van der Waals surface area (Å²) in [6, 6.07) is 8.05. The Morgan fingerprint density at radius 1 is 1.32 bits per heavy atom. The third-order valence-electron chi connectivity index (χ3n) is 3.61. The van der Waals surface area contributed by atoms with E-state index in [1.54, 1.807) is 0 Å². The van der Waals surface area contributed by atoms with E-state index in [2.05, 4.69) is 54.9 Å². The zero-order valence-electron chi connectivity index (χ0n) is 11.6. The van der Waals surface area contributed by atoms with Crippen LogP contribution in [-0.4, -0.2) is 5.54 Å². The van der Waals surface area contributed by atoms with E-state index in [9.17, 15) is 0 Å². The van der Waals surface area contributed by atoms with E-state index >= 15 is 0 Å². The largest absolute Gasteiger partial charge is 0.177 e. The summed E-state index contributed by atoms with van der Waals surface area (Å²) in [6.45, 7) is 8.06. The molecule has 0 saturated heterocycles. The summed E-state index contributed by atoms with van der Waals surface area (Å²) in [5.74, 6) is 0.322. The van der Waals surface area contributed by atoms with Crippen LogP contribution in [-0.2, 0) is 0 Å². The molecule has 1 aliphatic rings. The number of azo groups is 1. The molecule has 0 amide bonds. The molecule has 0 fully saturated rings. The first-order valence-corrected chi connectivity index (χ1v) is 6.63. The second kappa shape index (κ2) is 5.79. The van der Waals surface area contributed by atoms with Crippen molar-refractivity contribution >= 4 is 5.69 Å². The standard InChI is InChI=1S/C17H20N2/c1-4-12-17(13-8-7-10-15(17)3)19-18-16-11-6-5-9-14(16)2/h4-11,13,15H,1,12H2,2-3H3. The van der Waals surface area contributed by atoms with Gasteiger partial charge in [0.15, 0.2) is 0 Å². The van der Waals surface area contributed by atoms with Gasteiger partial charge in [0.25, 0.3) is 0 Å². The van der Waals surface area contributed by atoms with Crippen LogP contribution in [0, 0.1) is 12.8 Å². The van der Waals surface area contributed by atoms with Crippen LogP contribution in [0.2, 0.25) is 0 Å². The van der Waals surface area contributed by atoms with Crippen LogP contribution in [0.15, 0.2) is 71.5 Å². The molecular weight excluding hydrogens is 232 g/mol. The van der Waals surface area contributed by atoms with E-state index in [4.69, 9.17) is 0 Å². The van der Waals surface area contributed by atoms with Gasteiger partial charge in [0.1, 0.15) is 5.54 Å². The maximum Gasteiger partial charge on any atom is 0.110 e. The normalized spacial score (nSPS) is 25.9. The number of hydrogen-bond donors (Lipinski definition) is 0. The highest BCUT2D eigenvalue weighted by Crippen LogP contribution is 2.34. The van der Waals surface area contributed by atoms with Crippen LogP contribution in [0.3, 0.4) is 0 Å². The molecule has 2 heteroatoms. The Morgan fingerprint density at radius 2 is 2.11 bits per heavy atom. The highest BCUT2D eigenvalue weighted by molar-refractivity contribution is 5.44. The topological polar surface area (TPSA) is 24.7 Å². The van der Waals surface area contributed by atoms with Crippen molar-refractivity contribution in [3.05, 3.63) is 66.8 Å². The molecule has 0 heterocycles. The molecule has 2 rings (SSSR count). The second-order valence-corrected chi connectivity index (χ2v) is 5.00. The van der Waals surface area contributed by atoms with Crippen molar-refractivity contribution in [3.8, 4) is 0 Å². The first-order valence-electron chi connectivity index (χ1n) is 6.63. The zero-order chi connectivity index (χ0) is 13.7. The minimum absolute atomic E-state index is 0.293. The van der Waals surface area contributed by atoms with E-state index in [1.807, 2.05) is 30.4 Å². The summed E-state index contributed by atoms with van der Waals surface area (Å²) >= 11 is 0. The van der Waals surface area contributed by atoms with Gasteiger partial charge in [0.2, 0.25) is 0 Å². The average Bonchev–Trinajstić information content (AvgIpc) is 2.41. The molecule has 0 aromatic heterocycles. The fourth-order valence-corrected chi connectivity index (χ4v) is 2.24. The third-order valence-corrected chi connectivity index (χ3v) is 3.61. The lowest BCUT2D eigenvalue weighted by Crippen LogP contribution is -2.31. The number of aryl methyl sites for hydroxylation is 1. The molecule has 0 aliphatic heterocycles. The van der Waals surface area contributed by atoms with Crippen LogP contribution in [0.1, 0.15) is 18.9 Å². The van der Waals surface area contributed by atoms with Gasteiger partial charge in [-0.25, -0.2) is 0 Å². The molecule has 1 aliphatic carbocycles. The number of rotatable bonds is 4. The van der Waals surface area contributed by atoms with E-state index < -0.39 is 0 Å². The average molecular weight is 252 g/mol. The van der Waals surface area contributed by atoms with Crippen LogP contribution < -0.4 is 0 Å². The fourth-order valence-electron chi connectivity index (χ4n) is 2.24. The molecule has 0 spiro atoms. The summed E-state index contributed by atoms with van der Waals surface area (Å²) in [7, 11) is 0. The number of allylic oxidation sites excluding steroid dienone is 2. The van der Waals surface area contributed by atoms with Crippen molar-refractivity contribution in [1.82, 2.24) is 0 Å². The Balaban J connectivity index is 2.32. The lowest BCUT2D eigenvalue weighted by atomic mass is 9.80. The molecule has 0 radical (unpaired) electrons. The molecule has 19 heavy (non-hydrogen) atoms. The lowest BCUT2D eigenvalue weighted by Gasteiger charge is -2.30. The van der Waals surface area contributed by atoms with Crippen LogP contribution in [0.4, 0.5) is 5.69 Å². The fraction of sp³-hybridized carbons (Fsp3) is 0.294. The van der Waals surface area contributed by atoms with Crippen molar-refractivity contribution in [1.29, 1.82) is 0 Å². The summed E-state index contributed by atoms with van der Waals surface area (Å²) in [6.07, 6.45) is 11.1. The minimum Gasteiger partial charge on any atom is -0.177 e. The molecule has 1 aromatic carbocycles. The van der Waals surface area contributed by atoms with Gasteiger partial charge in [-0.3, -0.25) is 0 Å². The highest BCUT2D eigenvalue weighted by Gasteiger charge is 2.32. The molecule has 98 valence electrons. The molecule has 0 N–H and O–H groups in total. The minimum atomic E-state index is -0.293. The van der Waals surface area contributed by atoms with Crippen molar-refractivity contribution in [2.75, 3.05) is 0 Å². The first kappa shape index (κ1) is 13.5. The highest BCUT2D eigenvalue weighted by atomic mass is 15.2. The molecular formula is C17H20N2. The van der Waals surface area contributed by atoms with Gasteiger partial charge in [-0.2, -0.15) is 10.2 Å². The monoisotopic (exact) mass is 252 g/mol. The number of benzene rings is 1. The predicted octanol–water partition coefficient (Wildman–Crippen LogP) is 5.16. The van der Waals surface area contributed by atoms with E-state index in [-0.39, 0.29) is 5.54 Å². The molecule has 2 atom stereocenters. The van der Waals surface area contributed by atoms with Gasteiger partial charge in [-0.1, -0.05) is 55.5 Å². The third kappa shape index (κ3) is 2.90. The molecule has 2 nitrogen and oxygen atoms in total. The van der Waals surface area contributed by atoms with Gasteiger partial charge in [0, 0.05) is 5.92 Å². The van der Waals surface area contributed by atoms with Crippen molar-refractivity contribution < 1.29 is 0 Å². The Kier molecular flexibility index (Phi) is 4.10. The number of nitrogens with zero attached hydrogens (tertiary/aromatic N) is 2. The Hall–Kier alpha value is -1.96. The maximum absolute atomic E-state index is 4.63. The van der Waals surface area contributed by atoms with Gasteiger partial charge in [-0.05, 0) is 25.0 Å². The maximum atomic E-state index is 4.63. The Bertz CT molecular complexity index is 540. The van der Waals surface area contributed by atoms with Gasteiger partial charge in [0.05, 0.1) is 5.69 Å². The van der Waals surface area contributed by atoms with Gasteiger partial charge < -0.3 is 0 Å². The smallest absolute Gasteiger partial charge is 0.110 e. The van der Waals surface area contributed by atoms with Crippen LogP contribution in [0.25, 0.3) is 0 Å². The van der Waals surface area contributed by atoms with E-state index in [0.29, 0.717) is 5.92 Å². The van der Waals surface area contributed by atoms with Crippen LogP contribution in [0.5, 0.6) is 0 Å². The quantitative estimate of drug-likeness (QED) is 0.522. The summed E-state index contributed by atoms with van der Waals surface area (Å²) in [4.78, 5) is 0. The summed E-state index contributed by atoms with van der Waals surface area (Å²) < 4.78 is 0. The Morgan fingerprint density at radius 3 is 2.79 bits per heavy atom. The number of hydrogen-bond acceptors (Lipinski definition) is 2.